The molecule has 2 saturated heterocycles. The van der Waals surface area contributed by atoms with Gasteiger partial charge >= 0.3 is 0 Å². The van der Waals surface area contributed by atoms with Crippen LogP contribution in [0.5, 0.6) is 11.5 Å². The van der Waals surface area contributed by atoms with E-state index in [4.69, 9.17) is 14.2 Å². The molecule has 0 aromatic heterocycles. The highest BCUT2D eigenvalue weighted by Gasteiger charge is 2.42. The van der Waals surface area contributed by atoms with E-state index in [1.165, 1.54) is 4.31 Å². The number of fused-ring (bicyclic) bond motifs is 3. The van der Waals surface area contributed by atoms with Gasteiger partial charge in [-0.15, -0.1) is 0 Å². The van der Waals surface area contributed by atoms with E-state index in [0.29, 0.717) is 43.3 Å². The summed E-state index contributed by atoms with van der Waals surface area (Å²) in [5, 5.41) is 0. The van der Waals surface area contributed by atoms with Gasteiger partial charge in [0.1, 0.15) is 13.2 Å². The van der Waals surface area contributed by atoms with Crippen LogP contribution in [0.4, 0.5) is 0 Å². The lowest BCUT2D eigenvalue weighted by atomic mass is 9.89. The molecule has 3 heterocycles. The second kappa shape index (κ2) is 5.65. The minimum Gasteiger partial charge on any atom is -0.486 e. The smallest absolute Gasteiger partial charge is 0.242 e. The number of ether oxygens (including phenoxy) is 3. The molecule has 0 N–H and O–H groups in total. The molecule has 7 heteroatoms. The van der Waals surface area contributed by atoms with Crippen LogP contribution in [0.2, 0.25) is 0 Å². The molecule has 1 aromatic carbocycles. The van der Waals surface area contributed by atoms with Crippen LogP contribution in [0.15, 0.2) is 23.1 Å². The zero-order valence-electron chi connectivity index (χ0n) is 13.1. The number of hydrogen-bond donors (Lipinski definition) is 0. The largest absolute Gasteiger partial charge is 0.486 e. The van der Waals surface area contributed by atoms with Crippen molar-refractivity contribution in [2.24, 2.45) is 5.92 Å². The fraction of sp³-hybridized carbons (Fsp3) is 0.625. The number of nitrogens with zero attached hydrogens (tertiary/aromatic N) is 1. The minimum atomic E-state index is -3.53. The first-order chi connectivity index (χ1) is 11.0. The number of sulfonamides is 1. The molecule has 0 amide bonds. The molecule has 3 unspecified atom stereocenters. The highest BCUT2D eigenvalue weighted by atomic mass is 32.2. The molecule has 126 valence electrons. The molecule has 0 aliphatic carbocycles. The Labute approximate surface area is 136 Å². The van der Waals surface area contributed by atoms with Crippen LogP contribution in [0, 0.1) is 5.92 Å². The summed E-state index contributed by atoms with van der Waals surface area (Å²) in [6, 6.07) is 4.80. The Morgan fingerprint density at radius 2 is 1.96 bits per heavy atom. The average Bonchev–Trinajstić information content (AvgIpc) is 3.17. The van der Waals surface area contributed by atoms with Crippen LogP contribution in [0.3, 0.4) is 0 Å². The lowest BCUT2D eigenvalue weighted by Crippen LogP contribution is -2.35. The number of benzene rings is 1. The first-order valence-electron chi connectivity index (χ1n) is 8.05. The monoisotopic (exact) mass is 339 g/mol. The average molecular weight is 339 g/mol. The molecule has 0 radical (unpaired) electrons. The maximum absolute atomic E-state index is 12.8. The van der Waals surface area contributed by atoms with Gasteiger partial charge in [0.2, 0.25) is 10.0 Å². The molecule has 0 saturated carbocycles. The van der Waals surface area contributed by atoms with Crippen molar-refractivity contribution in [3.8, 4) is 11.5 Å². The summed E-state index contributed by atoms with van der Waals surface area (Å²) < 4.78 is 43.8. The predicted octanol–water partition coefficient (Wildman–Crippen LogP) is 1.65. The van der Waals surface area contributed by atoms with E-state index in [0.717, 1.165) is 19.3 Å². The van der Waals surface area contributed by atoms with Crippen LogP contribution >= 0.6 is 0 Å². The topological polar surface area (TPSA) is 65.1 Å². The van der Waals surface area contributed by atoms with Crippen LogP contribution in [-0.2, 0) is 14.8 Å². The van der Waals surface area contributed by atoms with Gasteiger partial charge in [0, 0.05) is 25.6 Å². The number of rotatable bonds is 4. The quantitative estimate of drug-likeness (QED) is 0.834. The highest BCUT2D eigenvalue weighted by Crippen LogP contribution is 2.39. The zero-order chi connectivity index (χ0) is 16.0. The van der Waals surface area contributed by atoms with Gasteiger partial charge in [0.15, 0.2) is 11.5 Å². The molecule has 3 aliphatic rings. The summed E-state index contributed by atoms with van der Waals surface area (Å²) >= 11 is 0. The van der Waals surface area contributed by atoms with Crippen molar-refractivity contribution < 1.29 is 22.6 Å². The summed E-state index contributed by atoms with van der Waals surface area (Å²) in [7, 11) is -1.90. The molecular formula is C16H21NO5S. The first kappa shape index (κ1) is 15.2. The second-order valence-electron chi connectivity index (χ2n) is 6.46. The van der Waals surface area contributed by atoms with E-state index < -0.39 is 10.0 Å². The van der Waals surface area contributed by atoms with Crippen LogP contribution in [-0.4, -0.2) is 51.7 Å². The van der Waals surface area contributed by atoms with Gasteiger partial charge in [-0.1, -0.05) is 0 Å². The normalized spacial score (nSPS) is 29.2. The number of hydrogen-bond acceptors (Lipinski definition) is 5. The van der Waals surface area contributed by atoms with Gasteiger partial charge in [-0.3, -0.25) is 0 Å². The Kier molecular flexibility index (Phi) is 3.74. The van der Waals surface area contributed by atoms with E-state index in [-0.39, 0.29) is 11.0 Å². The van der Waals surface area contributed by atoms with Crippen molar-refractivity contribution in [1.82, 2.24) is 4.31 Å². The predicted molar refractivity (Wildman–Crippen MR) is 83.2 cm³/mol. The van der Waals surface area contributed by atoms with Crippen LogP contribution in [0.25, 0.3) is 0 Å². The van der Waals surface area contributed by atoms with Gasteiger partial charge < -0.3 is 14.2 Å². The van der Waals surface area contributed by atoms with E-state index >= 15 is 0 Å². The summed E-state index contributed by atoms with van der Waals surface area (Å²) in [5.74, 6) is 1.39. The molecule has 1 aromatic rings. The molecule has 2 bridgehead atoms. The van der Waals surface area contributed by atoms with E-state index in [1.807, 2.05) is 0 Å². The van der Waals surface area contributed by atoms with Gasteiger partial charge in [-0.2, -0.15) is 0 Å². The Hall–Kier alpha value is -1.31. The zero-order valence-corrected chi connectivity index (χ0v) is 13.9. The van der Waals surface area contributed by atoms with Gasteiger partial charge in [0.05, 0.1) is 17.1 Å². The Morgan fingerprint density at radius 1 is 1.17 bits per heavy atom. The molecule has 6 nitrogen and oxygen atoms in total. The fourth-order valence-electron chi connectivity index (χ4n) is 3.73. The van der Waals surface area contributed by atoms with Gasteiger partial charge in [-0.05, 0) is 31.4 Å². The Balaban J connectivity index is 1.52. The lowest BCUT2D eigenvalue weighted by molar-refractivity contribution is 0.0902. The molecule has 3 aliphatic heterocycles. The molecule has 23 heavy (non-hydrogen) atoms. The van der Waals surface area contributed by atoms with Crippen molar-refractivity contribution in [3.63, 3.8) is 0 Å². The molecule has 0 spiro atoms. The Morgan fingerprint density at radius 3 is 2.65 bits per heavy atom. The summed E-state index contributed by atoms with van der Waals surface area (Å²) in [4.78, 5) is 0.244. The van der Waals surface area contributed by atoms with Crippen molar-refractivity contribution in [2.75, 3.05) is 26.8 Å². The minimum absolute atomic E-state index is 0.220. The highest BCUT2D eigenvalue weighted by molar-refractivity contribution is 7.89. The standard InChI is InChI=1S/C16H21NO5S/c1-17(10-11-8-12-2-4-14(11)22-12)23(18,19)13-3-5-15-16(9-13)21-7-6-20-15/h3,5,9,11-12,14H,2,4,6-8,10H2,1H3. The molecule has 3 atom stereocenters. The third kappa shape index (κ3) is 2.70. The van der Waals surface area contributed by atoms with Crippen LogP contribution in [0.1, 0.15) is 19.3 Å². The summed E-state index contributed by atoms with van der Waals surface area (Å²) in [6.45, 7) is 1.43. The SMILES string of the molecule is CN(CC1CC2CCC1O2)S(=O)(=O)c1ccc2c(c1)OCCO2. The van der Waals surface area contributed by atoms with Crippen LogP contribution < -0.4 is 9.47 Å². The third-order valence-electron chi connectivity index (χ3n) is 4.95. The third-order valence-corrected chi connectivity index (χ3v) is 6.76. The molecular weight excluding hydrogens is 318 g/mol. The summed E-state index contributed by atoms with van der Waals surface area (Å²) in [6.07, 6.45) is 3.67. The molecule has 4 rings (SSSR count). The van der Waals surface area contributed by atoms with E-state index in [1.54, 1.807) is 25.2 Å². The van der Waals surface area contributed by atoms with Gasteiger partial charge in [-0.25, -0.2) is 12.7 Å². The second-order valence-corrected chi connectivity index (χ2v) is 8.51. The Bertz CT molecular complexity index is 704. The van der Waals surface area contributed by atoms with Crippen molar-refractivity contribution in [2.45, 2.75) is 36.4 Å². The van der Waals surface area contributed by atoms with E-state index in [9.17, 15) is 8.42 Å². The maximum Gasteiger partial charge on any atom is 0.242 e. The van der Waals surface area contributed by atoms with Gasteiger partial charge in [0.25, 0.3) is 0 Å². The molecule has 2 fully saturated rings. The summed E-state index contributed by atoms with van der Waals surface area (Å²) in [5.41, 5.74) is 0. The van der Waals surface area contributed by atoms with E-state index in [2.05, 4.69) is 0 Å². The van der Waals surface area contributed by atoms with Crippen molar-refractivity contribution >= 4 is 10.0 Å². The lowest BCUT2D eigenvalue weighted by Gasteiger charge is -2.25. The fourth-order valence-corrected chi connectivity index (χ4v) is 4.97. The maximum atomic E-state index is 12.8. The first-order valence-corrected chi connectivity index (χ1v) is 9.49. The van der Waals surface area contributed by atoms with Crippen molar-refractivity contribution in [1.29, 1.82) is 0 Å². The van der Waals surface area contributed by atoms with Crippen molar-refractivity contribution in [3.05, 3.63) is 18.2 Å².